The average Bonchev–Trinajstić information content (AvgIpc) is 2.75. The van der Waals surface area contributed by atoms with Gasteiger partial charge in [-0.2, -0.15) is 0 Å². The highest BCUT2D eigenvalue weighted by Crippen LogP contribution is 2.12. The van der Waals surface area contributed by atoms with E-state index < -0.39 is 0 Å². The summed E-state index contributed by atoms with van der Waals surface area (Å²) in [6, 6.07) is 4.01. The zero-order valence-corrected chi connectivity index (χ0v) is 10.0. The molecule has 7 heteroatoms. The fourth-order valence-corrected chi connectivity index (χ4v) is 1.67. The van der Waals surface area contributed by atoms with Gasteiger partial charge in [0.1, 0.15) is 5.82 Å². The fourth-order valence-electron chi connectivity index (χ4n) is 1.67. The van der Waals surface area contributed by atoms with Crippen molar-refractivity contribution in [2.24, 2.45) is 11.7 Å². The van der Waals surface area contributed by atoms with E-state index >= 15 is 0 Å². The van der Waals surface area contributed by atoms with E-state index in [1.807, 2.05) is 12.1 Å². The molecule has 0 fully saturated rings. The molecule has 0 aliphatic carbocycles. The Morgan fingerprint density at radius 1 is 1.41 bits per heavy atom. The largest absolute Gasteiger partial charge is 0.366 e. The molecule has 2 aromatic heterocycles. The summed E-state index contributed by atoms with van der Waals surface area (Å²) >= 11 is 0. The fraction of sp³-hybridized carbons (Fsp3) is 0.600. The summed E-state index contributed by atoms with van der Waals surface area (Å²) < 4.78 is 1.40. The van der Waals surface area contributed by atoms with Crippen molar-refractivity contribution in [1.29, 1.82) is 0 Å². The third-order valence-electron chi connectivity index (χ3n) is 2.69. The molecule has 92 valence electrons. The summed E-state index contributed by atoms with van der Waals surface area (Å²) in [6.07, 6.45) is 0.910. The maximum atomic E-state index is 5.60. The van der Waals surface area contributed by atoms with Gasteiger partial charge in [-0.05, 0) is 41.4 Å². The molecule has 0 radical (unpaired) electrons. The molecule has 0 aromatic carbocycles. The van der Waals surface area contributed by atoms with E-state index in [9.17, 15) is 0 Å². The first-order valence-electron chi connectivity index (χ1n) is 5.72. The van der Waals surface area contributed by atoms with Gasteiger partial charge in [-0.3, -0.25) is 0 Å². The third kappa shape index (κ3) is 2.68. The average molecular weight is 235 g/mol. The van der Waals surface area contributed by atoms with Crippen LogP contribution in [0.3, 0.4) is 0 Å². The molecule has 2 rings (SSSR count). The van der Waals surface area contributed by atoms with Crippen molar-refractivity contribution >= 4 is 11.5 Å². The van der Waals surface area contributed by atoms with Crippen molar-refractivity contribution in [1.82, 2.24) is 25.3 Å². The number of hydrogen-bond acceptors (Lipinski definition) is 6. The van der Waals surface area contributed by atoms with Gasteiger partial charge in [0.15, 0.2) is 5.65 Å². The highest BCUT2D eigenvalue weighted by molar-refractivity contribution is 5.42. The Morgan fingerprint density at radius 2 is 2.24 bits per heavy atom. The van der Waals surface area contributed by atoms with Crippen molar-refractivity contribution in [3.63, 3.8) is 0 Å². The Labute approximate surface area is 99.4 Å². The number of aromatic nitrogens is 5. The number of nitrogens with two attached hydrogens (primary N) is 1. The van der Waals surface area contributed by atoms with Crippen LogP contribution in [0.15, 0.2) is 12.1 Å². The van der Waals surface area contributed by atoms with E-state index in [1.165, 1.54) is 4.63 Å². The minimum atomic E-state index is 0.307. The van der Waals surface area contributed by atoms with Gasteiger partial charge in [0, 0.05) is 6.04 Å². The maximum absolute atomic E-state index is 5.60. The molecule has 0 aliphatic heterocycles. The molecule has 2 heterocycles. The van der Waals surface area contributed by atoms with Crippen LogP contribution < -0.4 is 11.1 Å². The molecule has 1 unspecified atom stereocenters. The van der Waals surface area contributed by atoms with E-state index in [2.05, 4.69) is 39.8 Å². The van der Waals surface area contributed by atoms with Gasteiger partial charge in [-0.25, -0.2) is 0 Å². The number of nitrogens with zero attached hydrogens (tertiary/aromatic N) is 5. The lowest BCUT2D eigenvalue weighted by molar-refractivity contribution is 0.496. The van der Waals surface area contributed by atoms with Crippen LogP contribution in [0.2, 0.25) is 0 Å². The van der Waals surface area contributed by atoms with Gasteiger partial charge >= 0.3 is 0 Å². The summed E-state index contributed by atoms with van der Waals surface area (Å²) in [5.74, 6) is 1.25. The van der Waals surface area contributed by atoms with Gasteiger partial charge < -0.3 is 11.1 Å². The third-order valence-corrected chi connectivity index (χ3v) is 2.69. The van der Waals surface area contributed by atoms with Crippen LogP contribution in [0, 0.1) is 5.92 Å². The number of tetrazole rings is 1. The van der Waals surface area contributed by atoms with Gasteiger partial charge in [0.25, 0.3) is 0 Å². The van der Waals surface area contributed by atoms with Crippen molar-refractivity contribution < 1.29 is 0 Å². The molecular formula is C10H17N7. The van der Waals surface area contributed by atoms with E-state index in [4.69, 9.17) is 5.73 Å². The molecular weight excluding hydrogens is 218 g/mol. The second kappa shape index (κ2) is 5.05. The molecule has 2 aromatic rings. The lowest BCUT2D eigenvalue weighted by atomic mass is 10.0. The summed E-state index contributed by atoms with van der Waals surface area (Å²) in [6.45, 7) is 4.97. The van der Waals surface area contributed by atoms with Crippen LogP contribution in [0.5, 0.6) is 0 Å². The molecule has 3 N–H and O–H groups in total. The minimum Gasteiger partial charge on any atom is -0.366 e. The quantitative estimate of drug-likeness (QED) is 0.774. The zero-order valence-electron chi connectivity index (χ0n) is 10.0. The highest BCUT2D eigenvalue weighted by atomic mass is 15.6. The predicted octanol–water partition coefficient (Wildman–Crippen LogP) is 0.305. The van der Waals surface area contributed by atoms with Gasteiger partial charge in [-0.1, -0.05) is 13.8 Å². The molecule has 17 heavy (non-hydrogen) atoms. The number of anilines is 1. The summed E-state index contributed by atoms with van der Waals surface area (Å²) in [7, 11) is 0. The topological polar surface area (TPSA) is 94.0 Å². The molecule has 0 aliphatic rings. The normalized spacial score (nSPS) is 13.2. The molecule has 1 atom stereocenters. The van der Waals surface area contributed by atoms with Crippen molar-refractivity contribution in [2.75, 3.05) is 11.9 Å². The van der Waals surface area contributed by atoms with Crippen molar-refractivity contribution in [2.45, 2.75) is 26.3 Å². The zero-order chi connectivity index (χ0) is 12.3. The minimum absolute atomic E-state index is 0.307. The first kappa shape index (κ1) is 11.7. The second-order valence-electron chi connectivity index (χ2n) is 4.32. The number of fused-ring (bicyclic) bond motifs is 1. The summed E-state index contributed by atoms with van der Waals surface area (Å²) in [4.78, 5) is 0. The van der Waals surface area contributed by atoms with Crippen LogP contribution in [0.4, 0.5) is 5.82 Å². The number of nitrogens with one attached hydrogen (secondary N) is 1. The first-order chi connectivity index (χ1) is 8.20. The Bertz CT molecular complexity index is 478. The van der Waals surface area contributed by atoms with Crippen LogP contribution in [0.25, 0.3) is 5.65 Å². The van der Waals surface area contributed by atoms with Gasteiger partial charge in [0.2, 0.25) is 0 Å². The van der Waals surface area contributed by atoms with Crippen LogP contribution in [-0.2, 0) is 0 Å². The lowest BCUT2D eigenvalue weighted by Crippen LogP contribution is -2.29. The molecule has 0 amide bonds. The summed E-state index contributed by atoms with van der Waals surface area (Å²) in [5.41, 5.74) is 6.23. The van der Waals surface area contributed by atoms with E-state index in [-0.39, 0.29) is 0 Å². The van der Waals surface area contributed by atoms with E-state index in [0.717, 1.165) is 12.2 Å². The van der Waals surface area contributed by atoms with Crippen LogP contribution in [-0.4, -0.2) is 37.8 Å². The SMILES string of the molecule is CC(C)C(CCN)Nc1ccc2nnnn2n1. The lowest BCUT2D eigenvalue weighted by Gasteiger charge is -2.21. The number of rotatable bonds is 5. The molecule has 0 spiro atoms. The Hall–Kier alpha value is -1.76. The molecule has 0 saturated carbocycles. The Morgan fingerprint density at radius 3 is 2.94 bits per heavy atom. The van der Waals surface area contributed by atoms with Gasteiger partial charge in [-0.15, -0.1) is 14.8 Å². The molecule has 0 bridgehead atoms. The van der Waals surface area contributed by atoms with Crippen LogP contribution in [0.1, 0.15) is 20.3 Å². The van der Waals surface area contributed by atoms with E-state index in [1.54, 1.807) is 0 Å². The van der Waals surface area contributed by atoms with E-state index in [0.29, 0.717) is 24.2 Å². The van der Waals surface area contributed by atoms with Crippen LogP contribution >= 0.6 is 0 Å². The molecule has 7 nitrogen and oxygen atoms in total. The standard InChI is InChI=1S/C10H17N7/c1-7(2)8(5-6-11)12-9-3-4-10-13-15-16-17(10)14-9/h3-4,7-8H,5-6,11H2,1-2H3,(H,12,14). The van der Waals surface area contributed by atoms with Gasteiger partial charge in [0.05, 0.1) is 0 Å². The smallest absolute Gasteiger partial charge is 0.200 e. The maximum Gasteiger partial charge on any atom is 0.200 e. The van der Waals surface area contributed by atoms with Crippen molar-refractivity contribution in [3.8, 4) is 0 Å². The first-order valence-corrected chi connectivity index (χ1v) is 5.72. The monoisotopic (exact) mass is 235 g/mol. The predicted molar refractivity (Wildman–Crippen MR) is 64.5 cm³/mol. The van der Waals surface area contributed by atoms with Crippen molar-refractivity contribution in [3.05, 3.63) is 12.1 Å². The molecule has 0 saturated heterocycles. The highest BCUT2D eigenvalue weighted by Gasteiger charge is 2.13. The summed E-state index contributed by atoms with van der Waals surface area (Å²) in [5, 5.41) is 18.7. The second-order valence-corrected chi connectivity index (χ2v) is 4.32. The number of hydrogen-bond donors (Lipinski definition) is 2. The Balaban J connectivity index is 2.15. The Kier molecular flexibility index (Phi) is 3.48.